The quantitative estimate of drug-likeness (QED) is 0.287. The van der Waals surface area contributed by atoms with Crippen molar-refractivity contribution in [3.8, 4) is 0 Å². The van der Waals surface area contributed by atoms with Crippen molar-refractivity contribution >= 4 is 41.3 Å². The van der Waals surface area contributed by atoms with Gasteiger partial charge in [0, 0.05) is 28.5 Å². The Hall–Kier alpha value is -3.46. The summed E-state index contributed by atoms with van der Waals surface area (Å²) in [4.78, 5) is 36.0. The van der Waals surface area contributed by atoms with Gasteiger partial charge in [-0.3, -0.25) is 10.6 Å². The van der Waals surface area contributed by atoms with E-state index in [1.165, 1.54) is 18.9 Å². The molecule has 0 aliphatic carbocycles. The summed E-state index contributed by atoms with van der Waals surface area (Å²) in [7, 11) is 1.28. The van der Waals surface area contributed by atoms with E-state index in [4.69, 9.17) is 9.47 Å². The van der Waals surface area contributed by atoms with Gasteiger partial charge in [-0.2, -0.15) is 11.8 Å². The lowest BCUT2D eigenvalue weighted by Gasteiger charge is -2.18. The Balaban J connectivity index is 1.91. The van der Waals surface area contributed by atoms with Crippen LogP contribution in [0.15, 0.2) is 60.7 Å². The van der Waals surface area contributed by atoms with E-state index < -0.39 is 24.3 Å². The minimum atomic E-state index is -0.755. The summed E-state index contributed by atoms with van der Waals surface area (Å²) < 4.78 is 15.3. The van der Waals surface area contributed by atoms with Crippen molar-refractivity contribution in [3.63, 3.8) is 0 Å². The SMILES string of the molecule is C=C(CSCC(COC(=O)Nc1ccc(C)cc1)OC(=O)Nc1ccc(C)cc1)C(=O)OC. The van der Waals surface area contributed by atoms with Gasteiger partial charge in [-0.25, -0.2) is 14.4 Å². The molecule has 2 aromatic carbocycles. The monoisotopic (exact) mass is 472 g/mol. The number of esters is 1. The summed E-state index contributed by atoms with van der Waals surface area (Å²) in [5, 5.41) is 5.26. The van der Waals surface area contributed by atoms with Crippen molar-refractivity contribution in [2.45, 2.75) is 20.0 Å². The Labute approximate surface area is 197 Å². The molecule has 9 heteroatoms. The molecule has 0 radical (unpaired) electrons. The molecule has 8 nitrogen and oxygen atoms in total. The molecule has 0 bridgehead atoms. The first-order valence-electron chi connectivity index (χ1n) is 10.2. The number of hydrogen-bond acceptors (Lipinski definition) is 7. The Morgan fingerprint density at radius 3 is 1.94 bits per heavy atom. The first kappa shape index (κ1) is 25.8. The highest BCUT2D eigenvalue weighted by Crippen LogP contribution is 2.15. The standard InChI is InChI=1S/C24H28N2O6S/c1-16-5-9-19(10-6-16)25-23(28)31-13-21(15-33-14-18(3)22(27)30-4)32-24(29)26-20-11-7-17(2)8-12-20/h5-12,21H,3,13-15H2,1-2,4H3,(H,25,28)(H,26,29). The highest BCUT2D eigenvalue weighted by Gasteiger charge is 2.19. The molecule has 1 atom stereocenters. The maximum atomic E-state index is 12.3. The Bertz CT molecular complexity index is 960. The van der Waals surface area contributed by atoms with Crippen molar-refractivity contribution in [1.82, 2.24) is 0 Å². The van der Waals surface area contributed by atoms with Crippen LogP contribution < -0.4 is 10.6 Å². The van der Waals surface area contributed by atoms with Crippen LogP contribution >= 0.6 is 11.8 Å². The van der Waals surface area contributed by atoms with Gasteiger partial charge < -0.3 is 14.2 Å². The first-order valence-corrected chi connectivity index (χ1v) is 11.3. The van der Waals surface area contributed by atoms with Crippen molar-refractivity contribution in [3.05, 3.63) is 71.8 Å². The molecule has 0 fully saturated rings. The molecule has 1 unspecified atom stereocenters. The molecule has 0 heterocycles. The number of carbonyl (C=O) groups is 3. The molecular weight excluding hydrogens is 444 g/mol. The van der Waals surface area contributed by atoms with E-state index in [1.54, 1.807) is 24.3 Å². The number of amides is 2. The molecule has 0 aromatic heterocycles. The van der Waals surface area contributed by atoms with E-state index in [1.807, 2.05) is 38.1 Å². The lowest BCUT2D eigenvalue weighted by atomic mass is 10.2. The van der Waals surface area contributed by atoms with Gasteiger partial charge >= 0.3 is 18.2 Å². The topological polar surface area (TPSA) is 103 Å². The summed E-state index contributed by atoms with van der Waals surface area (Å²) in [6.45, 7) is 7.38. The number of rotatable bonds is 10. The Morgan fingerprint density at radius 1 is 0.909 bits per heavy atom. The predicted molar refractivity (Wildman–Crippen MR) is 130 cm³/mol. The van der Waals surface area contributed by atoms with E-state index in [9.17, 15) is 14.4 Å². The predicted octanol–water partition coefficient (Wildman–Crippen LogP) is 4.93. The van der Waals surface area contributed by atoms with Crippen LogP contribution in [0.1, 0.15) is 11.1 Å². The van der Waals surface area contributed by atoms with Gasteiger partial charge in [0.2, 0.25) is 0 Å². The number of benzene rings is 2. The zero-order valence-corrected chi connectivity index (χ0v) is 19.7. The molecule has 0 aliphatic heterocycles. The molecule has 2 N–H and O–H groups in total. The smallest absolute Gasteiger partial charge is 0.412 e. The Kier molecular flexibility index (Phi) is 10.3. The molecule has 33 heavy (non-hydrogen) atoms. The minimum absolute atomic E-state index is 0.170. The van der Waals surface area contributed by atoms with Crippen LogP contribution in [0.2, 0.25) is 0 Å². The number of anilines is 2. The highest BCUT2D eigenvalue weighted by molar-refractivity contribution is 7.99. The van der Waals surface area contributed by atoms with Gasteiger partial charge in [0.15, 0.2) is 0 Å². The van der Waals surface area contributed by atoms with Crippen LogP contribution in [0.3, 0.4) is 0 Å². The van der Waals surface area contributed by atoms with E-state index >= 15 is 0 Å². The summed E-state index contributed by atoms with van der Waals surface area (Å²) in [6, 6.07) is 14.5. The summed E-state index contributed by atoms with van der Waals surface area (Å²) >= 11 is 1.30. The normalized spacial score (nSPS) is 11.1. The number of ether oxygens (including phenoxy) is 3. The minimum Gasteiger partial charge on any atom is -0.466 e. The molecule has 0 saturated heterocycles. The highest BCUT2D eigenvalue weighted by atomic mass is 32.2. The van der Waals surface area contributed by atoms with Crippen LogP contribution in [-0.2, 0) is 19.0 Å². The fourth-order valence-corrected chi connectivity index (χ4v) is 3.44. The van der Waals surface area contributed by atoms with E-state index in [-0.39, 0.29) is 23.7 Å². The Morgan fingerprint density at radius 2 is 1.42 bits per heavy atom. The molecule has 0 aliphatic rings. The average molecular weight is 473 g/mol. The van der Waals surface area contributed by atoms with Crippen molar-refractivity contribution in [2.75, 3.05) is 35.9 Å². The summed E-state index contributed by atoms with van der Waals surface area (Å²) in [5.41, 5.74) is 3.57. The lowest BCUT2D eigenvalue weighted by molar-refractivity contribution is -0.135. The van der Waals surface area contributed by atoms with Crippen LogP contribution in [0, 0.1) is 13.8 Å². The van der Waals surface area contributed by atoms with Crippen LogP contribution in [0.25, 0.3) is 0 Å². The van der Waals surface area contributed by atoms with Crippen LogP contribution in [0.4, 0.5) is 21.0 Å². The second-order valence-corrected chi connectivity index (χ2v) is 8.25. The van der Waals surface area contributed by atoms with Gasteiger partial charge in [-0.1, -0.05) is 42.0 Å². The van der Waals surface area contributed by atoms with Gasteiger partial charge in [-0.15, -0.1) is 0 Å². The third-order valence-corrected chi connectivity index (χ3v) is 5.48. The molecular formula is C24H28N2O6S. The van der Waals surface area contributed by atoms with E-state index in [2.05, 4.69) is 21.9 Å². The van der Waals surface area contributed by atoms with Crippen molar-refractivity contribution in [2.24, 2.45) is 0 Å². The number of thioether (sulfide) groups is 1. The largest absolute Gasteiger partial charge is 0.466 e. The molecule has 2 aromatic rings. The van der Waals surface area contributed by atoms with Crippen LogP contribution in [-0.4, -0.2) is 49.5 Å². The van der Waals surface area contributed by atoms with Crippen LogP contribution in [0.5, 0.6) is 0 Å². The zero-order valence-electron chi connectivity index (χ0n) is 18.9. The van der Waals surface area contributed by atoms with Gasteiger partial charge in [0.1, 0.15) is 12.7 Å². The fraction of sp³-hybridized carbons (Fsp3) is 0.292. The van der Waals surface area contributed by atoms with E-state index in [0.29, 0.717) is 11.4 Å². The second kappa shape index (κ2) is 13.2. The zero-order chi connectivity index (χ0) is 24.2. The fourth-order valence-electron chi connectivity index (χ4n) is 2.53. The average Bonchev–Trinajstić information content (AvgIpc) is 2.79. The molecule has 2 rings (SSSR count). The number of hydrogen-bond donors (Lipinski definition) is 2. The number of methoxy groups -OCH3 is 1. The van der Waals surface area contributed by atoms with Gasteiger partial charge in [0.05, 0.1) is 7.11 Å². The van der Waals surface area contributed by atoms with E-state index in [0.717, 1.165) is 11.1 Å². The maximum absolute atomic E-state index is 12.3. The first-order chi connectivity index (χ1) is 15.8. The molecule has 0 spiro atoms. The van der Waals surface area contributed by atoms with Crippen molar-refractivity contribution in [1.29, 1.82) is 0 Å². The third-order valence-electron chi connectivity index (χ3n) is 4.32. The van der Waals surface area contributed by atoms with Gasteiger partial charge in [-0.05, 0) is 38.1 Å². The second-order valence-electron chi connectivity index (χ2n) is 7.22. The summed E-state index contributed by atoms with van der Waals surface area (Å²) in [5.74, 6) is 0.0439. The number of carbonyl (C=O) groups excluding carboxylic acids is 3. The molecule has 2 amide bonds. The molecule has 0 saturated carbocycles. The van der Waals surface area contributed by atoms with Gasteiger partial charge in [0.25, 0.3) is 0 Å². The van der Waals surface area contributed by atoms with Crippen molar-refractivity contribution < 1.29 is 28.6 Å². The number of nitrogens with one attached hydrogen (secondary N) is 2. The molecule has 176 valence electrons. The summed E-state index contributed by atoms with van der Waals surface area (Å²) in [6.07, 6.45) is -2.11. The maximum Gasteiger partial charge on any atom is 0.412 e. The lowest BCUT2D eigenvalue weighted by Crippen LogP contribution is -2.31. The third kappa shape index (κ3) is 9.69. The number of aryl methyl sites for hydroxylation is 2.